The topological polar surface area (TPSA) is 87.1 Å². The zero-order chi connectivity index (χ0) is 18.8. The second-order valence-corrected chi connectivity index (χ2v) is 9.07. The van der Waals surface area contributed by atoms with Crippen molar-refractivity contribution in [2.45, 2.75) is 15.7 Å². The summed E-state index contributed by atoms with van der Waals surface area (Å²) in [6, 6.07) is 14.8. The van der Waals surface area contributed by atoms with Gasteiger partial charge in [-0.15, -0.1) is 23.1 Å². The first-order valence-electron chi connectivity index (χ1n) is 7.88. The van der Waals surface area contributed by atoms with Crippen LogP contribution in [0.2, 0.25) is 5.02 Å². The number of fused-ring (bicyclic) bond motifs is 1. The fraction of sp³-hybridized carbons (Fsp3) is 0.0556. The molecule has 0 aliphatic heterocycles. The normalized spacial score (nSPS) is 12.4. The molecule has 0 saturated carbocycles. The van der Waals surface area contributed by atoms with Crippen LogP contribution in [0.15, 0.2) is 68.3 Å². The highest BCUT2D eigenvalue weighted by Crippen LogP contribution is 2.34. The molecule has 27 heavy (non-hydrogen) atoms. The second-order valence-electron chi connectivity index (χ2n) is 5.58. The monoisotopic (exact) mass is 435 g/mol. The summed E-state index contributed by atoms with van der Waals surface area (Å²) in [6.45, 7) is 0. The molecule has 9 heteroatoms. The smallest absolute Gasteiger partial charge is 0.339 e. The first-order valence-corrected chi connectivity index (χ1v) is 11.3. The van der Waals surface area contributed by atoms with Crippen molar-refractivity contribution >= 4 is 67.8 Å². The van der Waals surface area contributed by atoms with E-state index in [1.54, 1.807) is 30.0 Å². The number of benzene rings is 2. The van der Waals surface area contributed by atoms with Gasteiger partial charge in [0.1, 0.15) is 16.9 Å². The Bertz CT molecular complexity index is 1050. The molecule has 0 aliphatic rings. The molecular weight excluding hydrogens is 422 g/mol. The van der Waals surface area contributed by atoms with E-state index in [1.807, 2.05) is 35.7 Å². The van der Waals surface area contributed by atoms with E-state index in [-0.39, 0.29) is 0 Å². The van der Waals surface area contributed by atoms with E-state index < -0.39 is 11.4 Å². The fourth-order valence-electron chi connectivity index (χ4n) is 2.45. The second kappa shape index (κ2) is 8.04. The predicted molar refractivity (Wildman–Crippen MR) is 114 cm³/mol. The van der Waals surface area contributed by atoms with Crippen LogP contribution in [0.5, 0.6) is 0 Å². The molecule has 4 rings (SSSR count). The van der Waals surface area contributed by atoms with Crippen LogP contribution < -0.4 is 10.5 Å². The largest absolute Gasteiger partial charge is 0.585 e. The van der Waals surface area contributed by atoms with E-state index in [9.17, 15) is 4.55 Å². The molecule has 5 nitrogen and oxygen atoms in total. The van der Waals surface area contributed by atoms with E-state index in [0.29, 0.717) is 32.3 Å². The molecule has 0 bridgehead atoms. The lowest BCUT2D eigenvalue weighted by atomic mass is 10.3. The van der Waals surface area contributed by atoms with Crippen LogP contribution in [0.3, 0.4) is 0 Å². The van der Waals surface area contributed by atoms with Gasteiger partial charge in [-0.25, -0.2) is 4.98 Å². The van der Waals surface area contributed by atoms with Crippen molar-refractivity contribution in [3.63, 3.8) is 0 Å². The van der Waals surface area contributed by atoms with Gasteiger partial charge in [0, 0.05) is 32.5 Å². The van der Waals surface area contributed by atoms with Gasteiger partial charge in [-0.3, -0.25) is 0 Å². The number of thioether (sulfide) groups is 1. The molecule has 0 amide bonds. The molecule has 0 aliphatic carbocycles. The third-order valence-electron chi connectivity index (χ3n) is 3.67. The minimum atomic E-state index is -1.55. The third kappa shape index (κ3) is 4.36. The van der Waals surface area contributed by atoms with E-state index in [1.165, 1.54) is 11.3 Å². The number of aromatic nitrogens is 1. The van der Waals surface area contributed by atoms with Crippen molar-refractivity contribution in [2.24, 2.45) is 0 Å². The van der Waals surface area contributed by atoms with Gasteiger partial charge in [-0.2, -0.15) is 4.72 Å². The van der Waals surface area contributed by atoms with Crippen molar-refractivity contribution in [3.05, 3.63) is 64.6 Å². The van der Waals surface area contributed by atoms with Crippen LogP contribution in [-0.2, 0) is 17.1 Å². The summed E-state index contributed by atoms with van der Waals surface area (Å²) in [6.07, 6.45) is 0. The van der Waals surface area contributed by atoms with Crippen LogP contribution in [0, 0.1) is 0 Å². The molecule has 4 aromatic rings. The molecule has 1 unspecified atom stereocenters. The number of halogens is 1. The van der Waals surface area contributed by atoms with Gasteiger partial charge >= 0.3 is 5.09 Å². The van der Waals surface area contributed by atoms with Crippen LogP contribution >= 0.6 is 34.7 Å². The molecule has 3 N–H and O–H groups in total. The number of para-hydroxylation sites is 1. The zero-order valence-corrected chi connectivity index (χ0v) is 17.1. The zero-order valence-electron chi connectivity index (χ0n) is 13.8. The SMILES string of the molecule is Nc1nc(CSc2ccc(Cl)cc2N[S+]([O-])c2cc3ccccc3o2)cs1. The standard InChI is InChI=1S/C18H14ClN3O2S3/c19-12-5-6-16(25-9-13-10-26-18(20)21-13)14(8-12)22-27(23)17-7-11-3-1-2-4-15(11)24-17/h1-8,10,22H,9H2,(H2,20,21). The number of anilines is 2. The van der Waals surface area contributed by atoms with Gasteiger partial charge in [-0.1, -0.05) is 29.8 Å². The molecule has 2 aromatic heterocycles. The number of nitrogens with zero attached hydrogens (tertiary/aromatic N) is 1. The minimum absolute atomic E-state index is 0.361. The summed E-state index contributed by atoms with van der Waals surface area (Å²) in [7, 11) is 0. The van der Waals surface area contributed by atoms with Crippen molar-refractivity contribution in [2.75, 3.05) is 10.5 Å². The van der Waals surface area contributed by atoms with Crippen LogP contribution in [-0.4, -0.2) is 9.54 Å². The average Bonchev–Trinajstić information content (AvgIpc) is 3.27. The number of nitrogens with one attached hydrogen (secondary N) is 1. The van der Waals surface area contributed by atoms with Gasteiger partial charge in [-0.05, 0) is 24.3 Å². The number of nitrogens with two attached hydrogens (primary N) is 1. The Labute approximate surface area is 172 Å². The van der Waals surface area contributed by atoms with Crippen molar-refractivity contribution < 1.29 is 8.97 Å². The average molecular weight is 436 g/mol. The highest BCUT2D eigenvalue weighted by atomic mass is 35.5. The Morgan fingerprint density at radius 2 is 2.11 bits per heavy atom. The molecule has 0 spiro atoms. The van der Waals surface area contributed by atoms with E-state index in [4.69, 9.17) is 21.8 Å². The number of nitrogen functional groups attached to an aromatic ring is 1. The summed E-state index contributed by atoms with van der Waals surface area (Å²) in [4.78, 5) is 5.17. The van der Waals surface area contributed by atoms with Gasteiger partial charge in [0.2, 0.25) is 0 Å². The maximum atomic E-state index is 12.8. The van der Waals surface area contributed by atoms with Crippen LogP contribution in [0.1, 0.15) is 5.69 Å². The van der Waals surface area contributed by atoms with Gasteiger partial charge in [0.15, 0.2) is 5.13 Å². The molecule has 138 valence electrons. The lowest BCUT2D eigenvalue weighted by Gasteiger charge is -2.12. The summed E-state index contributed by atoms with van der Waals surface area (Å²) >= 11 is 7.56. The van der Waals surface area contributed by atoms with Crippen LogP contribution in [0.4, 0.5) is 10.8 Å². The third-order valence-corrected chi connectivity index (χ3v) is 6.71. The maximum absolute atomic E-state index is 12.8. The predicted octanol–water partition coefficient (Wildman–Crippen LogP) is 5.55. The first kappa shape index (κ1) is 18.5. The highest BCUT2D eigenvalue weighted by molar-refractivity contribution is 7.98. The van der Waals surface area contributed by atoms with Crippen molar-refractivity contribution in [1.82, 2.24) is 4.98 Å². The van der Waals surface area contributed by atoms with Gasteiger partial charge < -0.3 is 14.7 Å². The Hall–Kier alpha value is -1.84. The molecular formula is C18H14ClN3O2S3. The maximum Gasteiger partial charge on any atom is 0.339 e. The van der Waals surface area contributed by atoms with E-state index >= 15 is 0 Å². The Morgan fingerprint density at radius 3 is 2.89 bits per heavy atom. The number of furan rings is 1. The number of thiazole rings is 1. The Morgan fingerprint density at radius 1 is 1.26 bits per heavy atom. The van der Waals surface area contributed by atoms with Crippen molar-refractivity contribution in [1.29, 1.82) is 0 Å². The molecule has 0 radical (unpaired) electrons. The van der Waals surface area contributed by atoms with Gasteiger partial charge in [0.25, 0.3) is 0 Å². The Balaban J connectivity index is 1.54. The molecule has 2 aromatic carbocycles. The summed E-state index contributed by atoms with van der Waals surface area (Å²) in [5.41, 5.74) is 7.96. The fourth-order valence-corrected chi connectivity index (χ4v) is 5.10. The Kier molecular flexibility index (Phi) is 5.51. The van der Waals surface area contributed by atoms with Crippen molar-refractivity contribution in [3.8, 4) is 0 Å². The highest BCUT2D eigenvalue weighted by Gasteiger charge is 2.20. The first-order chi connectivity index (χ1) is 13.1. The van der Waals surface area contributed by atoms with Gasteiger partial charge in [0.05, 0.1) is 11.4 Å². The molecule has 0 saturated heterocycles. The number of hydrogen-bond donors (Lipinski definition) is 2. The van der Waals surface area contributed by atoms with Crippen LogP contribution in [0.25, 0.3) is 11.0 Å². The lowest BCUT2D eigenvalue weighted by molar-refractivity contribution is 0.484. The lowest BCUT2D eigenvalue weighted by Crippen LogP contribution is -2.12. The summed E-state index contributed by atoms with van der Waals surface area (Å²) in [5, 5.41) is 4.30. The molecule has 1 atom stereocenters. The number of rotatable bonds is 6. The quantitative estimate of drug-likeness (QED) is 0.305. The summed E-state index contributed by atoms with van der Waals surface area (Å²) in [5.74, 6) is 0.654. The summed E-state index contributed by atoms with van der Waals surface area (Å²) < 4.78 is 21.4. The van der Waals surface area contributed by atoms with E-state index in [2.05, 4.69) is 9.71 Å². The van der Waals surface area contributed by atoms with E-state index in [0.717, 1.165) is 16.0 Å². The number of hydrogen-bond acceptors (Lipinski definition) is 7. The molecule has 0 fully saturated rings. The molecule has 2 heterocycles. The minimum Gasteiger partial charge on any atom is -0.585 e.